The summed E-state index contributed by atoms with van der Waals surface area (Å²) in [6.07, 6.45) is 7.19. The summed E-state index contributed by atoms with van der Waals surface area (Å²) >= 11 is 0. The van der Waals surface area contributed by atoms with Gasteiger partial charge in [0.05, 0.1) is 17.8 Å². The normalized spacial score (nSPS) is 21.7. The summed E-state index contributed by atoms with van der Waals surface area (Å²) in [6, 6.07) is 3.71. The lowest BCUT2D eigenvalue weighted by atomic mass is 9.97. The topological polar surface area (TPSA) is 65.5 Å². The molecule has 6 nitrogen and oxygen atoms in total. The van der Waals surface area contributed by atoms with Crippen molar-refractivity contribution in [3.63, 3.8) is 0 Å². The molecule has 1 atom stereocenters. The molecule has 0 aliphatic carbocycles. The number of likely N-dealkylation sites (tertiary alicyclic amines) is 2. The Morgan fingerprint density at radius 2 is 1.91 bits per heavy atom. The third-order valence-corrected chi connectivity index (χ3v) is 4.37. The zero-order chi connectivity index (χ0) is 15.4. The monoisotopic (exact) mass is 302 g/mol. The summed E-state index contributed by atoms with van der Waals surface area (Å²) in [5.74, 6) is -0.160. The minimum atomic E-state index is -0.138. The molecule has 3 amide bonds. The van der Waals surface area contributed by atoms with E-state index >= 15 is 0 Å². The number of nitrogens with one attached hydrogen (secondary N) is 1. The van der Waals surface area contributed by atoms with Crippen molar-refractivity contribution in [1.82, 2.24) is 14.8 Å². The van der Waals surface area contributed by atoms with Crippen LogP contribution in [0.25, 0.3) is 0 Å². The maximum Gasteiger partial charge on any atom is 0.320 e. The number of carbonyl (C=O) groups excluding carboxylic acids is 2. The molecular weight excluding hydrogens is 280 g/mol. The Labute approximate surface area is 130 Å². The predicted octanol–water partition coefficient (Wildman–Crippen LogP) is 1.95. The van der Waals surface area contributed by atoms with Gasteiger partial charge in [-0.05, 0) is 37.8 Å². The Hall–Kier alpha value is -2.11. The van der Waals surface area contributed by atoms with Crippen LogP contribution in [0.15, 0.2) is 24.5 Å². The van der Waals surface area contributed by atoms with Crippen molar-refractivity contribution in [2.75, 3.05) is 31.5 Å². The molecule has 0 unspecified atom stereocenters. The number of amides is 3. The van der Waals surface area contributed by atoms with Crippen molar-refractivity contribution in [3.05, 3.63) is 24.5 Å². The lowest BCUT2D eigenvalue weighted by Gasteiger charge is -2.34. The van der Waals surface area contributed by atoms with Gasteiger partial charge in [-0.1, -0.05) is 0 Å². The molecule has 2 aliphatic rings. The molecule has 0 spiro atoms. The van der Waals surface area contributed by atoms with Crippen molar-refractivity contribution in [2.45, 2.75) is 25.7 Å². The molecule has 2 fully saturated rings. The Bertz CT molecular complexity index is 528. The smallest absolute Gasteiger partial charge is 0.320 e. The highest BCUT2D eigenvalue weighted by molar-refractivity contribution is 5.93. The molecule has 0 saturated carbocycles. The van der Waals surface area contributed by atoms with E-state index in [1.165, 1.54) is 0 Å². The van der Waals surface area contributed by atoms with Crippen molar-refractivity contribution in [2.24, 2.45) is 5.92 Å². The van der Waals surface area contributed by atoms with Gasteiger partial charge in [-0.2, -0.15) is 0 Å². The van der Waals surface area contributed by atoms with Crippen LogP contribution in [0.4, 0.5) is 10.5 Å². The van der Waals surface area contributed by atoms with Crippen molar-refractivity contribution >= 4 is 17.6 Å². The first-order valence-corrected chi connectivity index (χ1v) is 7.99. The van der Waals surface area contributed by atoms with Crippen molar-refractivity contribution in [1.29, 1.82) is 0 Å². The largest absolute Gasteiger partial charge is 0.325 e. The van der Waals surface area contributed by atoms with Crippen LogP contribution in [0.5, 0.6) is 0 Å². The van der Waals surface area contributed by atoms with E-state index in [9.17, 15) is 9.59 Å². The van der Waals surface area contributed by atoms with Crippen LogP contribution >= 0.6 is 0 Å². The quantitative estimate of drug-likeness (QED) is 0.908. The van der Waals surface area contributed by atoms with E-state index in [2.05, 4.69) is 10.3 Å². The predicted molar refractivity (Wildman–Crippen MR) is 83.4 cm³/mol. The third-order valence-electron chi connectivity index (χ3n) is 4.37. The highest BCUT2D eigenvalue weighted by Crippen LogP contribution is 2.21. The lowest BCUT2D eigenvalue weighted by Crippen LogP contribution is -2.48. The molecule has 2 saturated heterocycles. The summed E-state index contributed by atoms with van der Waals surface area (Å²) in [6.45, 7) is 2.97. The molecule has 22 heavy (non-hydrogen) atoms. The van der Waals surface area contributed by atoms with Crippen molar-refractivity contribution in [3.8, 4) is 0 Å². The van der Waals surface area contributed by atoms with Crippen LogP contribution in [0.2, 0.25) is 0 Å². The summed E-state index contributed by atoms with van der Waals surface area (Å²) in [5, 5.41) is 2.89. The molecule has 1 aromatic rings. The number of hydrogen-bond acceptors (Lipinski definition) is 3. The number of hydrogen-bond donors (Lipinski definition) is 1. The summed E-state index contributed by atoms with van der Waals surface area (Å²) in [4.78, 5) is 32.5. The van der Waals surface area contributed by atoms with Gasteiger partial charge in [0, 0.05) is 32.4 Å². The second-order valence-corrected chi connectivity index (χ2v) is 5.99. The number of pyridine rings is 1. The number of anilines is 1. The van der Waals surface area contributed by atoms with Gasteiger partial charge in [0.2, 0.25) is 5.91 Å². The fourth-order valence-electron chi connectivity index (χ4n) is 3.15. The molecule has 0 radical (unpaired) electrons. The molecule has 0 bridgehead atoms. The van der Waals surface area contributed by atoms with E-state index in [1.54, 1.807) is 18.5 Å². The van der Waals surface area contributed by atoms with Gasteiger partial charge in [-0.3, -0.25) is 9.78 Å². The molecule has 1 aromatic heterocycles. The average Bonchev–Trinajstić information content (AvgIpc) is 3.09. The van der Waals surface area contributed by atoms with Crippen LogP contribution in [-0.2, 0) is 4.79 Å². The Kier molecular flexibility index (Phi) is 4.56. The maximum absolute atomic E-state index is 12.4. The highest BCUT2D eigenvalue weighted by Gasteiger charge is 2.31. The van der Waals surface area contributed by atoms with E-state index in [0.717, 1.165) is 45.3 Å². The molecule has 6 heteroatoms. The zero-order valence-corrected chi connectivity index (χ0v) is 12.7. The minimum Gasteiger partial charge on any atom is -0.325 e. The first-order valence-electron chi connectivity index (χ1n) is 7.99. The number of piperidine rings is 1. The number of carbonyl (C=O) groups is 2. The first kappa shape index (κ1) is 14.8. The molecule has 2 aliphatic heterocycles. The summed E-state index contributed by atoms with van der Waals surface area (Å²) < 4.78 is 0. The number of nitrogens with zero attached hydrogens (tertiary/aromatic N) is 3. The Balaban J connectivity index is 1.57. The van der Waals surface area contributed by atoms with E-state index in [4.69, 9.17) is 0 Å². The molecular formula is C16H22N4O2. The number of urea groups is 1. The fourth-order valence-corrected chi connectivity index (χ4v) is 3.15. The van der Waals surface area contributed by atoms with Gasteiger partial charge in [-0.15, -0.1) is 0 Å². The van der Waals surface area contributed by atoms with Crippen molar-refractivity contribution < 1.29 is 9.59 Å². The molecule has 3 heterocycles. The second kappa shape index (κ2) is 6.77. The lowest BCUT2D eigenvalue weighted by molar-refractivity contribution is -0.121. The van der Waals surface area contributed by atoms with Crippen LogP contribution in [-0.4, -0.2) is 52.9 Å². The van der Waals surface area contributed by atoms with E-state index in [1.807, 2.05) is 15.9 Å². The summed E-state index contributed by atoms with van der Waals surface area (Å²) in [5.41, 5.74) is 0.704. The third kappa shape index (κ3) is 3.37. The molecule has 1 N–H and O–H groups in total. The molecule has 118 valence electrons. The zero-order valence-electron chi connectivity index (χ0n) is 12.7. The van der Waals surface area contributed by atoms with Crippen LogP contribution in [0.1, 0.15) is 25.7 Å². The van der Waals surface area contributed by atoms with Crippen LogP contribution < -0.4 is 5.32 Å². The van der Waals surface area contributed by atoms with Gasteiger partial charge in [0.1, 0.15) is 0 Å². The van der Waals surface area contributed by atoms with Gasteiger partial charge >= 0.3 is 6.03 Å². The van der Waals surface area contributed by atoms with Crippen LogP contribution in [0.3, 0.4) is 0 Å². The fraction of sp³-hybridized carbons (Fsp3) is 0.562. The molecule has 0 aromatic carbocycles. The highest BCUT2D eigenvalue weighted by atomic mass is 16.2. The van der Waals surface area contributed by atoms with Gasteiger partial charge in [0.15, 0.2) is 0 Å². The van der Waals surface area contributed by atoms with Gasteiger partial charge in [-0.25, -0.2) is 4.79 Å². The average molecular weight is 302 g/mol. The van der Waals surface area contributed by atoms with E-state index in [-0.39, 0.29) is 17.9 Å². The van der Waals surface area contributed by atoms with E-state index in [0.29, 0.717) is 12.2 Å². The second-order valence-electron chi connectivity index (χ2n) is 5.99. The first-order chi connectivity index (χ1) is 10.7. The Morgan fingerprint density at radius 1 is 1.14 bits per heavy atom. The van der Waals surface area contributed by atoms with Gasteiger partial charge < -0.3 is 15.1 Å². The van der Waals surface area contributed by atoms with Crippen LogP contribution in [0, 0.1) is 5.92 Å². The minimum absolute atomic E-state index is 0.0214. The molecule has 3 rings (SSSR count). The maximum atomic E-state index is 12.4. The van der Waals surface area contributed by atoms with Gasteiger partial charge in [0.25, 0.3) is 0 Å². The number of aromatic nitrogens is 1. The Morgan fingerprint density at radius 3 is 2.64 bits per heavy atom. The standard InChI is InChI=1S/C16H22N4O2/c21-15(18-14-6-3-7-17-11-14)13-5-4-10-20(12-13)16(22)19-8-1-2-9-19/h3,6-7,11,13H,1-2,4-5,8-10,12H2,(H,18,21)/t13-/m0/s1. The summed E-state index contributed by atoms with van der Waals surface area (Å²) in [7, 11) is 0. The number of rotatable bonds is 2. The van der Waals surface area contributed by atoms with E-state index < -0.39 is 0 Å². The SMILES string of the molecule is O=C(Nc1cccnc1)[C@H]1CCCN(C(=O)N2CCCC2)C1.